The second-order valence-electron chi connectivity index (χ2n) is 7.47. The molecule has 166 valence electrons. The Kier molecular flexibility index (Phi) is 7.44. The summed E-state index contributed by atoms with van der Waals surface area (Å²) in [5.74, 6) is -0.617. The van der Waals surface area contributed by atoms with Crippen LogP contribution < -0.4 is 15.4 Å². The Morgan fingerprint density at radius 2 is 2.09 bits per heavy atom. The highest BCUT2D eigenvalue weighted by Crippen LogP contribution is 2.39. The van der Waals surface area contributed by atoms with Crippen molar-refractivity contribution in [2.24, 2.45) is 0 Å². The van der Waals surface area contributed by atoms with Crippen LogP contribution in [0.4, 0.5) is 5.69 Å². The van der Waals surface area contributed by atoms with E-state index in [0.29, 0.717) is 28.5 Å². The normalized spacial score (nSPS) is 15.7. The number of aromatic hydroxyl groups is 1. The number of allylic oxidation sites excluding steroid dienone is 1. The molecule has 0 fully saturated rings. The van der Waals surface area contributed by atoms with E-state index in [4.69, 9.17) is 4.74 Å². The zero-order chi connectivity index (χ0) is 23.3. The largest absolute Gasteiger partial charge is 0.504 e. The molecule has 0 saturated heterocycles. The summed E-state index contributed by atoms with van der Waals surface area (Å²) in [6, 6.07) is 12.8. The number of phenolic OH excluding ortho intramolecular Hbond substituents is 1. The summed E-state index contributed by atoms with van der Waals surface area (Å²) in [4.78, 5) is 24.8. The van der Waals surface area contributed by atoms with Crippen molar-refractivity contribution in [3.63, 3.8) is 0 Å². The van der Waals surface area contributed by atoms with Gasteiger partial charge < -0.3 is 20.5 Å². The van der Waals surface area contributed by atoms with Crippen molar-refractivity contribution < 1.29 is 19.4 Å². The summed E-state index contributed by atoms with van der Waals surface area (Å²) in [6.45, 7) is 6.09. The minimum atomic E-state index is -0.488. The number of benzene rings is 2. The Bertz CT molecular complexity index is 1120. The maximum atomic E-state index is 12.5. The van der Waals surface area contributed by atoms with Gasteiger partial charge in [0.15, 0.2) is 11.5 Å². The second-order valence-corrected chi connectivity index (χ2v) is 8.46. The number of amides is 2. The van der Waals surface area contributed by atoms with Gasteiger partial charge in [-0.3, -0.25) is 9.59 Å². The van der Waals surface area contributed by atoms with Crippen LogP contribution in [-0.4, -0.2) is 29.3 Å². The van der Waals surface area contributed by atoms with E-state index < -0.39 is 5.92 Å². The number of nitrogens with zero attached hydrogens (tertiary/aromatic N) is 1. The fraction of sp³-hybridized carbons (Fsp3) is 0.292. The van der Waals surface area contributed by atoms with E-state index in [9.17, 15) is 20.0 Å². The molecule has 1 aliphatic heterocycles. The van der Waals surface area contributed by atoms with Crippen LogP contribution in [0.1, 0.15) is 36.0 Å². The van der Waals surface area contributed by atoms with Crippen LogP contribution in [-0.2, 0) is 9.59 Å². The predicted octanol–water partition coefficient (Wildman–Crippen LogP) is 4.12. The summed E-state index contributed by atoms with van der Waals surface area (Å²) in [6.07, 6.45) is 0.0953. The van der Waals surface area contributed by atoms with Crippen molar-refractivity contribution in [3.8, 4) is 17.6 Å². The van der Waals surface area contributed by atoms with Crippen molar-refractivity contribution in [2.45, 2.75) is 33.1 Å². The topological polar surface area (TPSA) is 111 Å². The standard InChI is InChI=1S/C24H25N3O4S/c1-4-31-21-10-16(6-8-20(21)28)17-11-22(29)27-24(18(17)12-25)32-13-23(30)26-19-7-5-14(2)9-15(19)3/h5-10,17,28H,4,11,13H2,1-3H3,(H,26,30)(H,27,29)/t17-/m1/s1. The van der Waals surface area contributed by atoms with Crippen LogP contribution >= 0.6 is 11.8 Å². The lowest BCUT2D eigenvalue weighted by Crippen LogP contribution is -2.31. The number of ether oxygens (including phenoxy) is 1. The molecule has 32 heavy (non-hydrogen) atoms. The number of anilines is 1. The van der Waals surface area contributed by atoms with Crippen LogP contribution in [0.2, 0.25) is 0 Å². The SMILES string of the molecule is CCOc1cc([C@H]2CC(=O)NC(SCC(=O)Nc3ccc(C)cc3C)=C2C#N)ccc1O. The quantitative estimate of drug-likeness (QED) is 0.584. The molecule has 0 aliphatic carbocycles. The number of phenols is 1. The van der Waals surface area contributed by atoms with Crippen molar-refractivity contribution in [2.75, 3.05) is 17.7 Å². The van der Waals surface area contributed by atoms with E-state index in [-0.39, 0.29) is 29.7 Å². The molecule has 1 atom stereocenters. The minimum Gasteiger partial charge on any atom is -0.504 e. The number of hydrogen-bond donors (Lipinski definition) is 3. The fourth-order valence-electron chi connectivity index (χ4n) is 3.51. The van der Waals surface area contributed by atoms with Gasteiger partial charge in [0.1, 0.15) is 0 Å². The van der Waals surface area contributed by atoms with Crippen molar-refractivity contribution in [3.05, 3.63) is 63.7 Å². The molecule has 1 aliphatic rings. The molecule has 0 unspecified atom stereocenters. The van der Waals surface area contributed by atoms with Gasteiger partial charge in [0.05, 0.1) is 29.0 Å². The molecule has 2 amide bonds. The van der Waals surface area contributed by atoms with Crippen LogP contribution in [0.25, 0.3) is 0 Å². The monoisotopic (exact) mass is 451 g/mol. The third-order valence-electron chi connectivity index (χ3n) is 5.05. The first-order valence-electron chi connectivity index (χ1n) is 10.2. The maximum absolute atomic E-state index is 12.5. The Balaban J connectivity index is 1.79. The molecule has 1 heterocycles. The van der Waals surface area contributed by atoms with E-state index in [1.165, 1.54) is 6.07 Å². The molecule has 2 aromatic rings. The number of aryl methyl sites for hydroxylation is 2. The summed E-state index contributed by atoms with van der Waals surface area (Å²) in [5, 5.41) is 25.7. The van der Waals surface area contributed by atoms with Gasteiger partial charge in [-0.2, -0.15) is 5.26 Å². The molecule has 0 bridgehead atoms. The number of nitriles is 1. The number of rotatable bonds is 7. The maximum Gasteiger partial charge on any atom is 0.234 e. The predicted molar refractivity (Wildman–Crippen MR) is 124 cm³/mol. The van der Waals surface area contributed by atoms with Gasteiger partial charge in [0, 0.05) is 18.0 Å². The number of nitrogens with one attached hydrogen (secondary N) is 2. The highest BCUT2D eigenvalue weighted by molar-refractivity contribution is 8.03. The third kappa shape index (κ3) is 5.42. The highest BCUT2D eigenvalue weighted by atomic mass is 32.2. The smallest absolute Gasteiger partial charge is 0.234 e. The molecule has 2 aromatic carbocycles. The van der Waals surface area contributed by atoms with Crippen LogP contribution in [0, 0.1) is 25.2 Å². The number of thioether (sulfide) groups is 1. The molecular weight excluding hydrogens is 426 g/mol. The molecular formula is C24H25N3O4S. The fourth-order valence-corrected chi connectivity index (χ4v) is 4.39. The molecule has 3 rings (SSSR count). The first kappa shape index (κ1) is 23.2. The van der Waals surface area contributed by atoms with Gasteiger partial charge in [-0.1, -0.05) is 35.5 Å². The van der Waals surface area contributed by atoms with Gasteiger partial charge in [-0.05, 0) is 50.1 Å². The molecule has 8 heteroatoms. The van der Waals surface area contributed by atoms with E-state index in [2.05, 4.69) is 16.7 Å². The van der Waals surface area contributed by atoms with E-state index in [1.807, 2.05) is 32.0 Å². The van der Waals surface area contributed by atoms with Gasteiger partial charge in [0.25, 0.3) is 0 Å². The Morgan fingerprint density at radius 3 is 2.78 bits per heavy atom. The average Bonchev–Trinajstić information content (AvgIpc) is 2.75. The highest BCUT2D eigenvalue weighted by Gasteiger charge is 2.30. The van der Waals surface area contributed by atoms with Crippen molar-refractivity contribution >= 4 is 29.3 Å². The Labute approximate surface area is 191 Å². The Morgan fingerprint density at radius 1 is 1.31 bits per heavy atom. The summed E-state index contributed by atoms with van der Waals surface area (Å²) in [5.41, 5.74) is 3.87. The minimum absolute atomic E-state index is 0.00369. The van der Waals surface area contributed by atoms with Gasteiger partial charge in [-0.25, -0.2) is 0 Å². The van der Waals surface area contributed by atoms with Gasteiger partial charge in [0.2, 0.25) is 11.8 Å². The zero-order valence-corrected chi connectivity index (χ0v) is 19.0. The second kappa shape index (κ2) is 10.2. The summed E-state index contributed by atoms with van der Waals surface area (Å²) < 4.78 is 5.44. The number of carbonyl (C=O) groups excluding carboxylic acids is 2. The van der Waals surface area contributed by atoms with E-state index in [0.717, 1.165) is 28.6 Å². The first-order chi connectivity index (χ1) is 15.3. The third-order valence-corrected chi connectivity index (χ3v) is 6.06. The molecule has 3 N–H and O–H groups in total. The number of hydrogen-bond acceptors (Lipinski definition) is 6. The molecule has 7 nitrogen and oxygen atoms in total. The first-order valence-corrected chi connectivity index (χ1v) is 11.2. The molecule has 0 radical (unpaired) electrons. The lowest BCUT2D eigenvalue weighted by molar-refractivity contribution is -0.121. The van der Waals surface area contributed by atoms with Crippen LogP contribution in [0.15, 0.2) is 47.0 Å². The molecule has 0 saturated carbocycles. The lowest BCUT2D eigenvalue weighted by Gasteiger charge is -2.25. The van der Waals surface area contributed by atoms with Crippen molar-refractivity contribution in [1.29, 1.82) is 5.26 Å². The molecule has 0 aromatic heterocycles. The van der Waals surface area contributed by atoms with E-state index >= 15 is 0 Å². The zero-order valence-electron chi connectivity index (χ0n) is 18.2. The van der Waals surface area contributed by atoms with Gasteiger partial charge in [-0.15, -0.1) is 0 Å². The van der Waals surface area contributed by atoms with Gasteiger partial charge >= 0.3 is 0 Å². The van der Waals surface area contributed by atoms with Crippen LogP contribution in [0.3, 0.4) is 0 Å². The molecule has 0 spiro atoms. The summed E-state index contributed by atoms with van der Waals surface area (Å²) >= 11 is 1.12. The van der Waals surface area contributed by atoms with Crippen LogP contribution in [0.5, 0.6) is 11.5 Å². The summed E-state index contributed by atoms with van der Waals surface area (Å²) in [7, 11) is 0. The average molecular weight is 452 g/mol. The number of carbonyl (C=O) groups is 2. The van der Waals surface area contributed by atoms with E-state index in [1.54, 1.807) is 19.1 Å². The lowest BCUT2D eigenvalue weighted by atomic mass is 9.87. The van der Waals surface area contributed by atoms with Crippen molar-refractivity contribution in [1.82, 2.24) is 5.32 Å². The Hall–Kier alpha value is -3.44.